The number of hydrogen-bond acceptors (Lipinski definition) is 3. The van der Waals surface area contributed by atoms with E-state index in [1.165, 1.54) is 12.1 Å². The molecule has 1 aromatic rings. The van der Waals surface area contributed by atoms with Gasteiger partial charge in [0.2, 0.25) is 0 Å². The predicted octanol–water partition coefficient (Wildman–Crippen LogP) is 3.12. The Morgan fingerprint density at radius 2 is 2.07 bits per heavy atom. The van der Waals surface area contributed by atoms with Crippen LogP contribution in [-0.2, 0) is 0 Å². The molecule has 0 radical (unpaired) electrons. The van der Waals surface area contributed by atoms with E-state index in [0.717, 1.165) is 17.8 Å². The Kier molecular flexibility index (Phi) is 3.62. The van der Waals surface area contributed by atoms with Crippen molar-refractivity contribution in [2.45, 2.75) is 11.3 Å². The average molecular weight is 236 g/mol. The Hall–Kier alpha value is -1.17. The van der Waals surface area contributed by atoms with E-state index in [2.05, 4.69) is 4.74 Å². The molecule has 0 N–H and O–H groups in total. The van der Waals surface area contributed by atoms with Gasteiger partial charge in [-0.25, -0.2) is 0 Å². The first-order valence-electron chi connectivity index (χ1n) is 3.85. The van der Waals surface area contributed by atoms with Crippen molar-refractivity contribution < 1.29 is 22.7 Å². The van der Waals surface area contributed by atoms with E-state index in [9.17, 15) is 18.0 Å². The van der Waals surface area contributed by atoms with Crippen molar-refractivity contribution in [1.29, 1.82) is 0 Å². The van der Waals surface area contributed by atoms with Gasteiger partial charge in [0.1, 0.15) is 12.0 Å². The number of carbonyl (C=O) groups excluding carboxylic acids is 1. The van der Waals surface area contributed by atoms with Gasteiger partial charge in [0.25, 0.3) is 0 Å². The van der Waals surface area contributed by atoms with Crippen LogP contribution in [0, 0.1) is 0 Å². The van der Waals surface area contributed by atoms with E-state index in [0.29, 0.717) is 11.2 Å². The number of hydrogen-bond donors (Lipinski definition) is 0. The minimum absolute atomic E-state index is 0.145. The highest BCUT2D eigenvalue weighted by Crippen LogP contribution is 2.32. The molecule has 2 nitrogen and oxygen atoms in total. The summed E-state index contributed by atoms with van der Waals surface area (Å²) < 4.78 is 39.7. The van der Waals surface area contributed by atoms with Crippen LogP contribution in [0.3, 0.4) is 0 Å². The monoisotopic (exact) mass is 236 g/mol. The molecule has 1 aromatic carbocycles. The minimum Gasteiger partial charge on any atom is -0.405 e. The summed E-state index contributed by atoms with van der Waals surface area (Å²) in [7, 11) is 0. The van der Waals surface area contributed by atoms with Gasteiger partial charge >= 0.3 is 6.36 Å². The molecule has 0 spiro atoms. The molecule has 0 bridgehead atoms. The van der Waals surface area contributed by atoms with Crippen molar-refractivity contribution in [2.24, 2.45) is 0 Å². The SMILES string of the molecule is CSc1ccc(C=O)cc1OC(F)(F)F. The molecular formula is C9H7F3O2S. The fourth-order valence-electron chi connectivity index (χ4n) is 0.971. The lowest BCUT2D eigenvalue weighted by atomic mass is 10.2. The largest absolute Gasteiger partial charge is 0.573 e. The Labute approximate surface area is 88.4 Å². The van der Waals surface area contributed by atoms with Crippen LogP contribution in [0.4, 0.5) is 13.2 Å². The van der Waals surface area contributed by atoms with Crippen molar-refractivity contribution in [3.05, 3.63) is 23.8 Å². The van der Waals surface area contributed by atoms with Crippen molar-refractivity contribution in [1.82, 2.24) is 0 Å². The maximum Gasteiger partial charge on any atom is 0.573 e. The number of thioether (sulfide) groups is 1. The highest BCUT2D eigenvalue weighted by molar-refractivity contribution is 7.98. The van der Waals surface area contributed by atoms with Gasteiger partial charge in [0.15, 0.2) is 0 Å². The van der Waals surface area contributed by atoms with Crippen molar-refractivity contribution >= 4 is 18.0 Å². The highest BCUT2D eigenvalue weighted by Gasteiger charge is 2.32. The van der Waals surface area contributed by atoms with Crippen LogP contribution in [0.2, 0.25) is 0 Å². The van der Waals surface area contributed by atoms with E-state index in [1.807, 2.05) is 0 Å². The number of alkyl halides is 3. The zero-order chi connectivity index (χ0) is 11.5. The van der Waals surface area contributed by atoms with Gasteiger partial charge in [0.05, 0.1) is 0 Å². The molecule has 0 unspecified atom stereocenters. The molecule has 82 valence electrons. The summed E-state index contributed by atoms with van der Waals surface area (Å²) in [6, 6.07) is 3.91. The minimum atomic E-state index is -4.74. The van der Waals surface area contributed by atoms with Gasteiger partial charge < -0.3 is 4.74 Å². The Bertz CT molecular complexity index is 363. The van der Waals surface area contributed by atoms with Crippen molar-refractivity contribution in [3.63, 3.8) is 0 Å². The highest BCUT2D eigenvalue weighted by atomic mass is 32.2. The molecule has 0 amide bonds. The summed E-state index contributed by atoms with van der Waals surface area (Å²) in [5, 5.41) is 0. The van der Waals surface area contributed by atoms with Gasteiger partial charge in [-0.15, -0.1) is 24.9 Å². The molecule has 0 aliphatic carbocycles. The summed E-state index contributed by atoms with van der Waals surface area (Å²) in [5.74, 6) is -0.348. The number of ether oxygens (including phenoxy) is 1. The van der Waals surface area contributed by atoms with E-state index < -0.39 is 6.36 Å². The summed E-state index contributed by atoms with van der Waals surface area (Å²) in [6.07, 6.45) is -2.65. The first-order valence-corrected chi connectivity index (χ1v) is 5.07. The summed E-state index contributed by atoms with van der Waals surface area (Å²) in [4.78, 5) is 10.7. The lowest BCUT2D eigenvalue weighted by Crippen LogP contribution is -2.17. The number of halogens is 3. The number of aldehydes is 1. The van der Waals surface area contributed by atoms with Crippen LogP contribution in [0.5, 0.6) is 5.75 Å². The summed E-state index contributed by atoms with van der Waals surface area (Å²) in [6.45, 7) is 0. The lowest BCUT2D eigenvalue weighted by molar-refractivity contribution is -0.275. The molecule has 0 saturated carbocycles. The molecule has 0 atom stereocenters. The standard InChI is InChI=1S/C9H7F3O2S/c1-15-8-3-2-6(5-13)4-7(8)14-9(10,11)12/h2-5H,1H3. The Balaban J connectivity index is 3.06. The number of rotatable bonds is 3. The predicted molar refractivity (Wildman–Crippen MR) is 50.3 cm³/mol. The van der Waals surface area contributed by atoms with Crippen LogP contribution >= 0.6 is 11.8 Å². The smallest absolute Gasteiger partial charge is 0.405 e. The summed E-state index contributed by atoms with van der Waals surface area (Å²) in [5.41, 5.74) is 0.145. The van der Waals surface area contributed by atoms with E-state index in [-0.39, 0.29) is 11.3 Å². The summed E-state index contributed by atoms with van der Waals surface area (Å²) >= 11 is 1.11. The molecular weight excluding hydrogens is 229 g/mol. The van der Waals surface area contributed by atoms with Gasteiger partial charge in [-0.2, -0.15) is 0 Å². The average Bonchev–Trinajstić information content (AvgIpc) is 2.15. The van der Waals surface area contributed by atoms with Crippen LogP contribution in [0.25, 0.3) is 0 Å². The van der Waals surface area contributed by atoms with E-state index in [1.54, 1.807) is 6.26 Å². The number of benzene rings is 1. The Morgan fingerprint density at radius 1 is 1.40 bits per heavy atom. The molecule has 0 aliphatic rings. The third kappa shape index (κ3) is 3.47. The van der Waals surface area contributed by atoms with Crippen LogP contribution in [-0.4, -0.2) is 18.9 Å². The molecule has 6 heteroatoms. The third-order valence-electron chi connectivity index (χ3n) is 1.55. The molecule has 0 saturated heterocycles. The molecule has 15 heavy (non-hydrogen) atoms. The van der Waals surface area contributed by atoms with Gasteiger partial charge in [-0.3, -0.25) is 4.79 Å². The number of carbonyl (C=O) groups is 1. The second-order valence-corrected chi connectivity index (χ2v) is 3.42. The van der Waals surface area contributed by atoms with Gasteiger partial charge in [-0.1, -0.05) is 6.07 Å². The van der Waals surface area contributed by atoms with Gasteiger partial charge in [-0.05, 0) is 18.4 Å². The molecule has 0 heterocycles. The normalized spacial score (nSPS) is 11.2. The first-order chi connectivity index (χ1) is 6.96. The second-order valence-electron chi connectivity index (χ2n) is 2.58. The Morgan fingerprint density at radius 3 is 2.53 bits per heavy atom. The fraction of sp³-hybridized carbons (Fsp3) is 0.222. The molecule has 0 fully saturated rings. The van der Waals surface area contributed by atoms with E-state index in [4.69, 9.17) is 0 Å². The van der Waals surface area contributed by atoms with E-state index >= 15 is 0 Å². The second kappa shape index (κ2) is 4.57. The zero-order valence-electron chi connectivity index (χ0n) is 7.67. The maximum absolute atomic E-state index is 12.0. The maximum atomic E-state index is 12.0. The van der Waals surface area contributed by atoms with Gasteiger partial charge in [0, 0.05) is 10.5 Å². The molecule has 1 rings (SSSR count). The fourth-order valence-corrected chi connectivity index (χ4v) is 1.48. The lowest BCUT2D eigenvalue weighted by Gasteiger charge is -2.12. The van der Waals surface area contributed by atoms with Crippen LogP contribution in [0.15, 0.2) is 23.1 Å². The van der Waals surface area contributed by atoms with Crippen LogP contribution < -0.4 is 4.74 Å². The topological polar surface area (TPSA) is 26.3 Å². The zero-order valence-corrected chi connectivity index (χ0v) is 8.48. The first kappa shape index (κ1) is 11.9. The quantitative estimate of drug-likeness (QED) is 0.595. The van der Waals surface area contributed by atoms with Crippen LogP contribution in [0.1, 0.15) is 10.4 Å². The van der Waals surface area contributed by atoms with Crippen molar-refractivity contribution in [2.75, 3.05) is 6.26 Å². The molecule has 0 aromatic heterocycles. The third-order valence-corrected chi connectivity index (χ3v) is 2.33. The molecule has 0 aliphatic heterocycles. The van der Waals surface area contributed by atoms with Crippen molar-refractivity contribution in [3.8, 4) is 5.75 Å².